The van der Waals surface area contributed by atoms with E-state index in [2.05, 4.69) is 10.9 Å². The van der Waals surface area contributed by atoms with E-state index in [0.29, 0.717) is 11.5 Å². The van der Waals surface area contributed by atoms with Crippen LogP contribution in [-0.2, 0) is 25.5 Å². The van der Waals surface area contributed by atoms with Gasteiger partial charge in [0.1, 0.15) is 6.61 Å². The Morgan fingerprint density at radius 1 is 1.03 bits per heavy atom. The fraction of sp³-hybridized carbons (Fsp3) is 0.286. The van der Waals surface area contributed by atoms with E-state index in [1.165, 1.54) is 0 Å². The first-order valence-corrected chi connectivity index (χ1v) is 9.11. The van der Waals surface area contributed by atoms with Gasteiger partial charge in [-0.25, -0.2) is 0 Å². The van der Waals surface area contributed by atoms with Crippen LogP contribution in [0.3, 0.4) is 0 Å². The Bertz CT molecular complexity index is 927. The zero-order valence-electron chi connectivity index (χ0n) is 16.2. The Labute approximate surface area is 168 Å². The lowest BCUT2D eigenvalue weighted by molar-refractivity contribution is -0.148. The van der Waals surface area contributed by atoms with Crippen LogP contribution >= 0.6 is 0 Å². The molecule has 1 heterocycles. The summed E-state index contributed by atoms with van der Waals surface area (Å²) < 4.78 is 15.9. The van der Waals surface area contributed by atoms with Crippen molar-refractivity contribution in [1.29, 1.82) is 0 Å². The predicted octanol–water partition coefficient (Wildman–Crippen LogP) is 1.38. The molecule has 1 atom stereocenters. The summed E-state index contributed by atoms with van der Waals surface area (Å²) in [6.07, 6.45) is -0.842. The number of carbonyl (C=O) groups excluding carboxylic acids is 3. The molecule has 152 valence electrons. The Morgan fingerprint density at radius 2 is 1.79 bits per heavy atom. The van der Waals surface area contributed by atoms with Crippen molar-refractivity contribution in [3.8, 4) is 11.5 Å². The number of amides is 2. The fourth-order valence-corrected chi connectivity index (χ4v) is 2.67. The van der Waals surface area contributed by atoms with Crippen LogP contribution in [0, 0.1) is 13.8 Å². The van der Waals surface area contributed by atoms with Crippen LogP contribution in [-0.4, -0.2) is 37.1 Å². The molecule has 2 amide bonds. The number of aryl methyl sites for hydroxylation is 2. The van der Waals surface area contributed by atoms with E-state index in [0.717, 1.165) is 16.7 Å². The molecule has 0 saturated carbocycles. The minimum atomic E-state index is -0.905. The fourth-order valence-electron chi connectivity index (χ4n) is 2.67. The van der Waals surface area contributed by atoms with Crippen LogP contribution in [0.4, 0.5) is 0 Å². The number of hydrogen-bond donors (Lipinski definition) is 2. The van der Waals surface area contributed by atoms with Crippen molar-refractivity contribution < 1.29 is 28.6 Å². The van der Waals surface area contributed by atoms with Crippen molar-refractivity contribution in [2.45, 2.75) is 26.4 Å². The molecule has 0 unspecified atom stereocenters. The molecular formula is C21H22N2O6. The van der Waals surface area contributed by atoms with Crippen molar-refractivity contribution in [2.24, 2.45) is 0 Å². The summed E-state index contributed by atoms with van der Waals surface area (Å²) in [7, 11) is 0. The summed E-state index contributed by atoms with van der Waals surface area (Å²) in [5, 5.41) is 0. The minimum absolute atomic E-state index is 0.0175. The normalized spacial score (nSPS) is 14.6. The van der Waals surface area contributed by atoms with Gasteiger partial charge in [0.15, 0.2) is 18.1 Å². The number of carbonyl (C=O) groups is 3. The molecule has 0 spiro atoms. The highest BCUT2D eigenvalue weighted by Crippen LogP contribution is 2.30. The number of para-hydroxylation sites is 2. The van der Waals surface area contributed by atoms with Crippen LogP contribution in [0.5, 0.6) is 11.5 Å². The lowest BCUT2D eigenvalue weighted by Gasteiger charge is -2.25. The third-order valence-electron chi connectivity index (χ3n) is 4.41. The molecule has 0 bridgehead atoms. The predicted molar refractivity (Wildman–Crippen MR) is 103 cm³/mol. The quantitative estimate of drug-likeness (QED) is 0.583. The number of hydrogen-bond acceptors (Lipinski definition) is 6. The molecule has 0 aromatic heterocycles. The summed E-state index contributed by atoms with van der Waals surface area (Å²) in [5.74, 6) is -0.768. The van der Waals surface area contributed by atoms with Gasteiger partial charge in [-0.2, -0.15) is 0 Å². The second-order valence-electron chi connectivity index (χ2n) is 6.66. The summed E-state index contributed by atoms with van der Waals surface area (Å²) in [4.78, 5) is 35.8. The van der Waals surface area contributed by atoms with Gasteiger partial charge in [0.05, 0.1) is 6.42 Å². The molecule has 2 aromatic rings. The van der Waals surface area contributed by atoms with Crippen LogP contribution in [0.2, 0.25) is 0 Å². The van der Waals surface area contributed by atoms with Crippen molar-refractivity contribution in [3.63, 3.8) is 0 Å². The number of hydrazine groups is 1. The summed E-state index contributed by atoms with van der Waals surface area (Å²) in [5.41, 5.74) is 7.44. The number of nitrogens with one attached hydrogen (secondary N) is 2. The van der Waals surface area contributed by atoms with E-state index in [-0.39, 0.29) is 13.0 Å². The van der Waals surface area contributed by atoms with Gasteiger partial charge in [-0.1, -0.05) is 30.3 Å². The van der Waals surface area contributed by atoms with E-state index < -0.39 is 30.5 Å². The topological polar surface area (TPSA) is 103 Å². The summed E-state index contributed by atoms with van der Waals surface area (Å²) in [6.45, 7) is 3.46. The minimum Gasteiger partial charge on any atom is -0.485 e. The Balaban J connectivity index is 1.39. The first-order valence-electron chi connectivity index (χ1n) is 9.11. The van der Waals surface area contributed by atoms with Gasteiger partial charge < -0.3 is 14.2 Å². The van der Waals surface area contributed by atoms with E-state index in [4.69, 9.17) is 14.2 Å². The van der Waals surface area contributed by atoms with Gasteiger partial charge in [0, 0.05) is 0 Å². The zero-order valence-corrected chi connectivity index (χ0v) is 16.2. The molecule has 0 aliphatic carbocycles. The molecule has 2 aromatic carbocycles. The summed E-state index contributed by atoms with van der Waals surface area (Å²) in [6, 6.07) is 12.6. The van der Waals surface area contributed by atoms with Gasteiger partial charge >= 0.3 is 5.97 Å². The molecule has 29 heavy (non-hydrogen) atoms. The van der Waals surface area contributed by atoms with Crippen molar-refractivity contribution in [3.05, 3.63) is 59.2 Å². The molecule has 0 fully saturated rings. The highest BCUT2D eigenvalue weighted by atomic mass is 16.6. The molecule has 8 nitrogen and oxygen atoms in total. The highest BCUT2D eigenvalue weighted by molar-refractivity contribution is 5.86. The Kier molecular flexibility index (Phi) is 6.33. The van der Waals surface area contributed by atoms with Crippen LogP contribution < -0.4 is 20.3 Å². The first-order chi connectivity index (χ1) is 13.9. The highest BCUT2D eigenvalue weighted by Gasteiger charge is 2.27. The number of esters is 1. The average molecular weight is 398 g/mol. The Morgan fingerprint density at radius 3 is 2.55 bits per heavy atom. The van der Waals surface area contributed by atoms with Crippen LogP contribution in [0.15, 0.2) is 42.5 Å². The van der Waals surface area contributed by atoms with Gasteiger partial charge in [-0.15, -0.1) is 0 Å². The van der Waals surface area contributed by atoms with Crippen LogP contribution in [0.1, 0.15) is 16.7 Å². The van der Waals surface area contributed by atoms with Gasteiger partial charge in [0.25, 0.3) is 11.8 Å². The molecule has 0 radical (unpaired) electrons. The van der Waals surface area contributed by atoms with E-state index >= 15 is 0 Å². The van der Waals surface area contributed by atoms with Gasteiger partial charge in [-0.3, -0.25) is 25.2 Å². The molecule has 2 N–H and O–H groups in total. The monoisotopic (exact) mass is 398 g/mol. The lowest BCUT2D eigenvalue weighted by atomic mass is 10.0. The van der Waals surface area contributed by atoms with Crippen molar-refractivity contribution in [2.75, 3.05) is 13.2 Å². The van der Waals surface area contributed by atoms with E-state index in [9.17, 15) is 14.4 Å². The molecule has 1 aliphatic rings. The van der Waals surface area contributed by atoms with E-state index in [1.54, 1.807) is 24.3 Å². The maximum absolute atomic E-state index is 12.1. The second-order valence-corrected chi connectivity index (χ2v) is 6.66. The summed E-state index contributed by atoms with van der Waals surface area (Å²) >= 11 is 0. The number of fused-ring (bicyclic) bond motifs is 1. The second kappa shape index (κ2) is 9.09. The van der Waals surface area contributed by atoms with Crippen LogP contribution in [0.25, 0.3) is 0 Å². The van der Waals surface area contributed by atoms with Crippen molar-refractivity contribution in [1.82, 2.24) is 10.9 Å². The number of benzene rings is 2. The molecule has 1 aliphatic heterocycles. The molecule has 8 heteroatoms. The largest absolute Gasteiger partial charge is 0.485 e. The number of ether oxygens (including phenoxy) is 3. The maximum Gasteiger partial charge on any atom is 0.310 e. The lowest BCUT2D eigenvalue weighted by Crippen LogP contribution is -2.51. The third-order valence-corrected chi connectivity index (χ3v) is 4.41. The Hall–Kier alpha value is -3.55. The number of rotatable bonds is 5. The standard InChI is InChI=1S/C21H22N2O6/c1-13-7-8-15(9-14(13)2)10-20(25)28-12-19(24)22-23-21(26)18-11-27-16-5-3-4-6-17(16)29-18/h3-9,18H,10-12H2,1-2H3,(H,22,24)(H,23,26)/t18-/m0/s1. The smallest absolute Gasteiger partial charge is 0.310 e. The third kappa shape index (κ3) is 5.47. The van der Waals surface area contributed by atoms with E-state index in [1.807, 2.05) is 32.0 Å². The van der Waals surface area contributed by atoms with Gasteiger partial charge in [0.2, 0.25) is 6.10 Å². The average Bonchev–Trinajstić information content (AvgIpc) is 2.72. The first kappa shape index (κ1) is 20.2. The van der Waals surface area contributed by atoms with Gasteiger partial charge in [-0.05, 0) is 42.7 Å². The molecular weight excluding hydrogens is 376 g/mol. The maximum atomic E-state index is 12.1. The SMILES string of the molecule is Cc1ccc(CC(=O)OCC(=O)NNC(=O)[C@@H]2COc3ccccc3O2)cc1C. The molecule has 0 saturated heterocycles. The molecule has 3 rings (SSSR count). The zero-order chi connectivity index (χ0) is 20.8. The van der Waals surface area contributed by atoms with Crippen molar-refractivity contribution >= 4 is 17.8 Å².